The Morgan fingerprint density at radius 2 is 2.29 bits per heavy atom. The molecule has 1 aromatic rings. The van der Waals surface area contributed by atoms with Crippen LogP contribution in [0.2, 0.25) is 0 Å². The predicted molar refractivity (Wildman–Crippen MR) is 90.1 cm³/mol. The first kappa shape index (κ1) is 16.9. The molecule has 2 atom stereocenters. The van der Waals surface area contributed by atoms with E-state index in [4.69, 9.17) is 0 Å². The van der Waals surface area contributed by atoms with Crippen LogP contribution >= 0.6 is 11.3 Å². The van der Waals surface area contributed by atoms with Crippen molar-refractivity contribution >= 4 is 29.2 Å². The van der Waals surface area contributed by atoms with Gasteiger partial charge in [-0.25, -0.2) is 4.79 Å². The van der Waals surface area contributed by atoms with Crippen LogP contribution in [0.15, 0.2) is 17.5 Å². The topological polar surface area (TPSA) is 81.8 Å². The summed E-state index contributed by atoms with van der Waals surface area (Å²) in [6, 6.07) is 3.75. The fraction of sp³-hybridized carbons (Fsp3) is 0.562. The summed E-state index contributed by atoms with van der Waals surface area (Å²) >= 11 is 1.69. The molecule has 130 valence electrons. The van der Waals surface area contributed by atoms with Crippen LogP contribution in [0.5, 0.6) is 0 Å². The highest BCUT2D eigenvalue weighted by atomic mass is 32.1. The third-order valence-electron chi connectivity index (χ3n) is 4.79. The molecule has 2 fully saturated rings. The molecule has 0 saturated carbocycles. The van der Waals surface area contributed by atoms with Gasteiger partial charge in [0.2, 0.25) is 0 Å². The quantitative estimate of drug-likeness (QED) is 0.791. The summed E-state index contributed by atoms with van der Waals surface area (Å²) in [5.74, 6) is -0.762. The van der Waals surface area contributed by atoms with Crippen molar-refractivity contribution in [3.8, 4) is 0 Å². The summed E-state index contributed by atoms with van der Waals surface area (Å²) < 4.78 is 0. The molecule has 7 nitrogen and oxygen atoms in total. The standard InChI is InChI=1S/C16H22N4O3S/c1-3-16(2)14(22)20(15(23)17-16)18-13(21)10-19-8-4-6-11(19)12-7-5-9-24-12/h5,7,9,11H,3-4,6,8,10H2,1-2H3,(H,17,23)(H,18,21)/t11-,16+/m0/s1. The largest absolute Gasteiger partial charge is 0.344 e. The van der Waals surface area contributed by atoms with Gasteiger partial charge in [0.1, 0.15) is 5.54 Å². The Balaban J connectivity index is 1.62. The zero-order chi connectivity index (χ0) is 17.3. The Hall–Kier alpha value is -1.93. The van der Waals surface area contributed by atoms with Gasteiger partial charge in [-0.05, 0) is 44.2 Å². The lowest BCUT2D eigenvalue weighted by Gasteiger charge is -2.24. The molecular weight excluding hydrogens is 328 g/mol. The van der Waals surface area contributed by atoms with E-state index in [1.54, 1.807) is 18.3 Å². The van der Waals surface area contributed by atoms with E-state index in [-0.39, 0.29) is 18.5 Å². The lowest BCUT2D eigenvalue weighted by molar-refractivity contribution is -0.139. The normalized spacial score (nSPS) is 27.6. The first-order valence-electron chi connectivity index (χ1n) is 8.18. The molecule has 2 N–H and O–H groups in total. The lowest BCUT2D eigenvalue weighted by atomic mass is 10.00. The highest BCUT2D eigenvalue weighted by Crippen LogP contribution is 2.34. The summed E-state index contributed by atoms with van der Waals surface area (Å²) in [5, 5.41) is 5.46. The van der Waals surface area contributed by atoms with Crippen molar-refractivity contribution in [2.75, 3.05) is 13.1 Å². The monoisotopic (exact) mass is 350 g/mol. The van der Waals surface area contributed by atoms with E-state index in [9.17, 15) is 14.4 Å². The smallest absolute Gasteiger partial charge is 0.322 e. The SMILES string of the molecule is CC[C@@]1(C)NC(=O)N(NC(=O)CN2CCC[C@H]2c2cccs2)C1=O. The number of amides is 4. The minimum Gasteiger partial charge on any atom is -0.322 e. The highest BCUT2D eigenvalue weighted by Gasteiger charge is 2.47. The van der Waals surface area contributed by atoms with Crippen molar-refractivity contribution < 1.29 is 14.4 Å². The van der Waals surface area contributed by atoms with Crippen LogP contribution in [0, 0.1) is 0 Å². The van der Waals surface area contributed by atoms with Crippen molar-refractivity contribution in [3.63, 3.8) is 0 Å². The summed E-state index contributed by atoms with van der Waals surface area (Å²) in [4.78, 5) is 39.9. The van der Waals surface area contributed by atoms with Gasteiger partial charge in [0.25, 0.3) is 11.8 Å². The van der Waals surface area contributed by atoms with E-state index >= 15 is 0 Å². The average molecular weight is 350 g/mol. The number of nitrogens with zero attached hydrogens (tertiary/aromatic N) is 2. The number of likely N-dealkylation sites (tertiary alicyclic amines) is 1. The van der Waals surface area contributed by atoms with Crippen LogP contribution in [-0.2, 0) is 9.59 Å². The number of urea groups is 1. The molecule has 4 amide bonds. The molecule has 3 heterocycles. The molecular formula is C16H22N4O3S. The lowest BCUT2D eigenvalue weighted by Crippen LogP contribution is -2.51. The van der Waals surface area contributed by atoms with Gasteiger partial charge in [-0.2, -0.15) is 5.01 Å². The minimum atomic E-state index is -0.947. The molecule has 1 aromatic heterocycles. The number of rotatable bonds is 5. The maximum atomic E-state index is 12.3. The fourth-order valence-electron chi connectivity index (χ4n) is 3.19. The molecule has 2 aliphatic heterocycles. The van der Waals surface area contributed by atoms with Gasteiger partial charge in [0, 0.05) is 10.9 Å². The second-order valence-corrected chi connectivity index (χ2v) is 7.41. The third kappa shape index (κ3) is 3.03. The molecule has 2 aliphatic rings. The molecule has 0 aromatic carbocycles. The van der Waals surface area contributed by atoms with Crippen LogP contribution in [0.1, 0.15) is 44.0 Å². The zero-order valence-electron chi connectivity index (χ0n) is 13.9. The first-order chi connectivity index (χ1) is 11.4. The Labute approximate surface area is 145 Å². The number of nitrogens with one attached hydrogen (secondary N) is 2. The van der Waals surface area contributed by atoms with Gasteiger partial charge in [-0.15, -0.1) is 11.3 Å². The third-order valence-corrected chi connectivity index (χ3v) is 5.76. The molecule has 0 bridgehead atoms. The van der Waals surface area contributed by atoms with Crippen molar-refractivity contribution in [2.24, 2.45) is 0 Å². The van der Waals surface area contributed by atoms with E-state index in [1.165, 1.54) is 4.88 Å². The zero-order valence-corrected chi connectivity index (χ0v) is 14.7. The first-order valence-corrected chi connectivity index (χ1v) is 9.06. The second-order valence-electron chi connectivity index (χ2n) is 6.44. The summed E-state index contributed by atoms with van der Waals surface area (Å²) in [7, 11) is 0. The Morgan fingerprint density at radius 3 is 2.92 bits per heavy atom. The van der Waals surface area contributed by atoms with Crippen LogP contribution < -0.4 is 10.7 Å². The van der Waals surface area contributed by atoms with Crippen molar-refractivity contribution in [2.45, 2.75) is 44.7 Å². The molecule has 8 heteroatoms. The van der Waals surface area contributed by atoms with E-state index < -0.39 is 17.5 Å². The molecule has 2 saturated heterocycles. The Bertz CT molecular complexity index is 648. The summed E-state index contributed by atoms with van der Waals surface area (Å²) in [5.41, 5.74) is 1.51. The highest BCUT2D eigenvalue weighted by molar-refractivity contribution is 7.10. The molecule has 0 unspecified atom stereocenters. The Kier molecular flexibility index (Phi) is 4.60. The van der Waals surface area contributed by atoms with Gasteiger partial charge < -0.3 is 5.32 Å². The number of thiophene rings is 1. The molecule has 3 rings (SSSR count). The van der Waals surface area contributed by atoms with Gasteiger partial charge >= 0.3 is 6.03 Å². The molecule has 24 heavy (non-hydrogen) atoms. The van der Waals surface area contributed by atoms with Crippen molar-refractivity contribution in [1.82, 2.24) is 20.7 Å². The fourth-order valence-corrected chi connectivity index (χ4v) is 4.08. The van der Waals surface area contributed by atoms with E-state index in [2.05, 4.69) is 21.7 Å². The average Bonchev–Trinajstić information content (AvgIpc) is 3.25. The number of hydrogen-bond acceptors (Lipinski definition) is 5. The minimum absolute atomic E-state index is 0.169. The summed E-state index contributed by atoms with van der Waals surface area (Å²) in [6.45, 7) is 4.48. The van der Waals surface area contributed by atoms with Crippen molar-refractivity contribution in [3.05, 3.63) is 22.4 Å². The second kappa shape index (κ2) is 6.52. The Morgan fingerprint density at radius 1 is 1.50 bits per heavy atom. The van der Waals surface area contributed by atoms with E-state index in [0.717, 1.165) is 24.4 Å². The van der Waals surface area contributed by atoms with Crippen LogP contribution in [0.25, 0.3) is 0 Å². The number of hydrogen-bond donors (Lipinski definition) is 2. The maximum absolute atomic E-state index is 12.3. The number of carbonyl (C=O) groups excluding carboxylic acids is 3. The van der Waals surface area contributed by atoms with Gasteiger partial charge in [0.15, 0.2) is 0 Å². The van der Waals surface area contributed by atoms with Crippen molar-refractivity contribution in [1.29, 1.82) is 0 Å². The van der Waals surface area contributed by atoms with Gasteiger partial charge in [0.05, 0.1) is 6.54 Å². The predicted octanol–water partition coefficient (Wildman–Crippen LogP) is 1.64. The number of hydrazine groups is 1. The molecule has 0 spiro atoms. The van der Waals surface area contributed by atoms with Gasteiger partial charge in [-0.3, -0.25) is 19.9 Å². The molecule has 0 aliphatic carbocycles. The van der Waals surface area contributed by atoms with E-state index in [1.807, 2.05) is 18.4 Å². The van der Waals surface area contributed by atoms with Crippen LogP contribution in [-0.4, -0.2) is 46.4 Å². The number of carbonyl (C=O) groups is 3. The number of imide groups is 1. The maximum Gasteiger partial charge on any atom is 0.344 e. The van der Waals surface area contributed by atoms with Crippen LogP contribution in [0.3, 0.4) is 0 Å². The van der Waals surface area contributed by atoms with Crippen LogP contribution in [0.4, 0.5) is 4.79 Å². The van der Waals surface area contributed by atoms with E-state index in [0.29, 0.717) is 6.42 Å². The molecule has 0 radical (unpaired) electrons. The van der Waals surface area contributed by atoms with Gasteiger partial charge in [-0.1, -0.05) is 13.0 Å². The summed E-state index contributed by atoms with van der Waals surface area (Å²) in [6.07, 6.45) is 2.52.